The number of carbonyl (C=O) groups excluding carboxylic acids is 1. The van der Waals surface area contributed by atoms with Crippen LogP contribution in [-0.4, -0.2) is 61.3 Å². The number of amides is 1. The lowest BCUT2D eigenvalue weighted by molar-refractivity contribution is -0.131. The van der Waals surface area contributed by atoms with Crippen molar-refractivity contribution < 1.29 is 13.2 Å². The van der Waals surface area contributed by atoms with E-state index in [9.17, 15) is 13.2 Å². The summed E-state index contributed by atoms with van der Waals surface area (Å²) in [6.45, 7) is 2.81. The summed E-state index contributed by atoms with van der Waals surface area (Å²) in [4.78, 5) is 18.7. The minimum absolute atomic E-state index is 0.0350. The molecule has 3 atom stereocenters. The number of fused-ring (bicyclic) bond motifs is 2. The predicted molar refractivity (Wildman–Crippen MR) is 71.2 cm³/mol. The molecule has 6 nitrogen and oxygen atoms in total. The van der Waals surface area contributed by atoms with Crippen LogP contribution in [0.5, 0.6) is 0 Å². The van der Waals surface area contributed by atoms with Gasteiger partial charge in [-0.3, -0.25) is 9.79 Å². The summed E-state index contributed by atoms with van der Waals surface area (Å²) in [7, 11) is -1.43. The Labute approximate surface area is 113 Å². The van der Waals surface area contributed by atoms with Crippen LogP contribution in [0.1, 0.15) is 19.8 Å². The summed E-state index contributed by atoms with van der Waals surface area (Å²) in [5.41, 5.74) is -0.692. The van der Waals surface area contributed by atoms with Gasteiger partial charge in [0, 0.05) is 26.1 Å². The van der Waals surface area contributed by atoms with Crippen LogP contribution >= 0.6 is 0 Å². The molecular weight excluding hydrogens is 266 g/mol. The zero-order valence-electron chi connectivity index (χ0n) is 11.5. The number of likely N-dealkylation sites (N-methyl/N-ethyl adjacent to an activating group) is 1. The molecule has 0 aromatic heterocycles. The average molecular weight is 285 g/mol. The molecule has 2 fully saturated rings. The molecule has 2 aliphatic heterocycles. The van der Waals surface area contributed by atoms with E-state index in [1.165, 1.54) is 10.6 Å². The van der Waals surface area contributed by atoms with Crippen molar-refractivity contribution in [1.29, 1.82) is 0 Å². The molecule has 2 heterocycles. The maximum atomic E-state index is 12.5. The molecule has 1 spiro atoms. The molecule has 0 N–H and O–H groups in total. The summed E-state index contributed by atoms with van der Waals surface area (Å²) in [6.07, 6.45) is 2.87. The first-order valence-corrected chi connectivity index (χ1v) is 8.40. The summed E-state index contributed by atoms with van der Waals surface area (Å²) < 4.78 is 24.8. The van der Waals surface area contributed by atoms with E-state index in [0.717, 1.165) is 18.7 Å². The maximum absolute atomic E-state index is 12.5. The van der Waals surface area contributed by atoms with Gasteiger partial charge in [-0.15, -0.1) is 0 Å². The third kappa shape index (κ3) is 1.67. The number of amidine groups is 1. The Kier molecular flexibility index (Phi) is 2.60. The van der Waals surface area contributed by atoms with Crippen molar-refractivity contribution >= 4 is 21.8 Å². The van der Waals surface area contributed by atoms with Gasteiger partial charge in [0.15, 0.2) is 0 Å². The molecule has 7 heteroatoms. The Morgan fingerprint density at radius 2 is 2.05 bits per heavy atom. The maximum Gasteiger partial charge on any atom is 0.255 e. The molecule has 0 aromatic rings. The molecule has 0 bridgehead atoms. The summed E-state index contributed by atoms with van der Waals surface area (Å²) in [5.74, 6) is 1.08. The van der Waals surface area contributed by atoms with Gasteiger partial charge in [-0.25, -0.2) is 12.7 Å². The number of hydrogen-bond donors (Lipinski definition) is 0. The van der Waals surface area contributed by atoms with Gasteiger partial charge in [0.25, 0.3) is 5.91 Å². The van der Waals surface area contributed by atoms with E-state index in [1.54, 1.807) is 11.9 Å². The normalized spacial score (nSPS) is 39.2. The van der Waals surface area contributed by atoms with Gasteiger partial charge in [-0.1, -0.05) is 0 Å². The zero-order valence-corrected chi connectivity index (χ0v) is 12.3. The fraction of sp³-hybridized carbons (Fsp3) is 0.833. The predicted octanol–water partition coefficient (Wildman–Crippen LogP) is -0.0830. The number of carbonyl (C=O) groups is 1. The van der Waals surface area contributed by atoms with Crippen LogP contribution in [0.4, 0.5) is 0 Å². The Bertz CT molecular complexity index is 571. The molecule has 1 saturated heterocycles. The molecule has 3 rings (SSSR count). The summed E-state index contributed by atoms with van der Waals surface area (Å²) in [5, 5.41) is 0. The molecule has 106 valence electrons. The van der Waals surface area contributed by atoms with Crippen LogP contribution in [0.2, 0.25) is 0 Å². The molecule has 1 amide bonds. The van der Waals surface area contributed by atoms with Crippen molar-refractivity contribution in [3.05, 3.63) is 0 Å². The Morgan fingerprint density at radius 1 is 1.37 bits per heavy atom. The highest BCUT2D eigenvalue weighted by molar-refractivity contribution is 7.88. The number of nitrogens with zero attached hydrogens (tertiary/aromatic N) is 3. The van der Waals surface area contributed by atoms with Crippen molar-refractivity contribution in [1.82, 2.24) is 9.21 Å². The van der Waals surface area contributed by atoms with Gasteiger partial charge in [0.05, 0.1) is 6.26 Å². The van der Waals surface area contributed by atoms with Crippen molar-refractivity contribution in [3.63, 3.8) is 0 Å². The van der Waals surface area contributed by atoms with Crippen LogP contribution < -0.4 is 0 Å². The van der Waals surface area contributed by atoms with E-state index in [0.29, 0.717) is 13.1 Å². The lowest BCUT2D eigenvalue weighted by Crippen LogP contribution is -2.45. The van der Waals surface area contributed by atoms with E-state index in [-0.39, 0.29) is 17.7 Å². The van der Waals surface area contributed by atoms with Crippen LogP contribution in [0.25, 0.3) is 0 Å². The first kappa shape index (κ1) is 13.1. The molecule has 1 saturated carbocycles. The van der Waals surface area contributed by atoms with Gasteiger partial charge in [-0.2, -0.15) is 0 Å². The fourth-order valence-corrected chi connectivity index (χ4v) is 4.67. The smallest absolute Gasteiger partial charge is 0.255 e. The van der Waals surface area contributed by atoms with E-state index < -0.39 is 15.6 Å². The Hall–Kier alpha value is -0.950. The molecule has 0 unspecified atom stereocenters. The second kappa shape index (κ2) is 3.79. The molecule has 3 aliphatic rings. The Morgan fingerprint density at radius 3 is 2.58 bits per heavy atom. The van der Waals surface area contributed by atoms with Crippen molar-refractivity contribution in [2.24, 2.45) is 16.8 Å². The lowest BCUT2D eigenvalue weighted by atomic mass is 9.85. The second-order valence-electron chi connectivity index (χ2n) is 5.93. The fourth-order valence-electron chi connectivity index (χ4n) is 3.78. The van der Waals surface area contributed by atoms with Gasteiger partial charge >= 0.3 is 0 Å². The van der Waals surface area contributed by atoms with Gasteiger partial charge < -0.3 is 4.90 Å². The number of rotatable bonds is 1. The average Bonchev–Trinajstić information content (AvgIpc) is 2.92. The molecule has 0 aromatic carbocycles. The monoisotopic (exact) mass is 285 g/mol. The Balaban J connectivity index is 1.94. The lowest BCUT2D eigenvalue weighted by Gasteiger charge is -2.26. The SMILES string of the molecule is CC1=N[C@]2(CC[C@H]3CN(S(C)(=O)=O)C[C@H]32)C(=O)N1C. The van der Waals surface area contributed by atoms with Crippen LogP contribution in [0.3, 0.4) is 0 Å². The van der Waals surface area contributed by atoms with E-state index >= 15 is 0 Å². The van der Waals surface area contributed by atoms with Crippen molar-refractivity contribution in [2.45, 2.75) is 25.3 Å². The molecule has 0 radical (unpaired) electrons. The van der Waals surface area contributed by atoms with Crippen molar-refractivity contribution in [3.8, 4) is 0 Å². The minimum Gasteiger partial charge on any atom is -0.302 e. The van der Waals surface area contributed by atoms with Gasteiger partial charge in [0.1, 0.15) is 11.4 Å². The zero-order chi connectivity index (χ0) is 14.0. The second-order valence-corrected chi connectivity index (χ2v) is 7.92. The number of hydrogen-bond acceptors (Lipinski definition) is 4. The van der Waals surface area contributed by atoms with Crippen molar-refractivity contribution in [2.75, 3.05) is 26.4 Å². The van der Waals surface area contributed by atoms with Gasteiger partial charge in [0.2, 0.25) is 10.0 Å². The van der Waals surface area contributed by atoms with E-state index in [2.05, 4.69) is 4.99 Å². The van der Waals surface area contributed by atoms with Crippen LogP contribution in [0, 0.1) is 11.8 Å². The van der Waals surface area contributed by atoms with Crippen LogP contribution in [0.15, 0.2) is 4.99 Å². The highest BCUT2D eigenvalue weighted by Gasteiger charge is 2.60. The standard InChI is InChI=1S/C12H19N3O3S/c1-8-13-12(11(16)14(8)2)5-4-9-6-15(7-10(9)12)19(3,17)18/h9-10H,4-7H2,1-3H3/t9-,10+,12-/m0/s1. The van der Waals surface area contributed by atoms with Crippen LogP contribution in [-0.2, 0) is 14.8 Å². The number of sulfonamides is 1. The summed E-state index contributed by atoms with van der Waals surface area (Å²) >= 11 is 0. The van der Waals surface area contributed by atoms with Gasteiger partial charge in [-0.05, 0) is 25.7 Å². The summed E-state index contributed by atoms with van der Waals surface area (Å²) in [6, 6.07) is 0. The van der Waals surface area contributed by atoms with E-state index in [4.69, 9.17) is 0 Å². The third-order valence-electron chi connectivity index (χ3n) is 4.91. The quantitative estimate of drug-likeness (QED) is 0.676. The number of aliphatic imine (C=N–C) groups is 1. The highest BCUT2D eigenvalue weighted by Crippen LogP contribution is 2.50. The molecule has 1 aliphatic carbocycles. The first-order chi connectivity index (χ1) is 8.75. The third-order valence-corrected chi connectivity index (χ3v) is 6.14. The molecule has 19 heavy (non-hydrogen) atoms. The molecular formula is C12H19N3O3S. The van der Waals surface area contributed by atoms with E-state index in [1.807, 2.05) is 6.92 Å². The topological polar surface area (TPSA) is 70.0 Å². The first-order valence-electron chi connectivity index (χ1n) is 6.55. The highest BCUT2D eigenvalue weighted by atomic mass is 32.2. The largest absolute Gasteiger partial charge is 0.302 e. The minimum atomic E-state index is -3.18.